The molecule has 0 spiro atoms. The fourth-order valence-electron chi connectivity index (χ4n) is 2.84. The molecule has 1 atom stereocenters. The molecule has 0 aliphatic heterocycles. The van der Waals surface area contributed by atoms with Gasteiger partial charge in [0.05, 0.1) is 17.5 Å². The molecule has 1 unspecified atom stereocenters. The molecule has 2 aromatic carbocycles. The predicted octanol–water partition coefficient (Wildman–Crippen LogP) is 5.31. The van der Waals surface area contributed by atoms with Crippen molar-refractivity contribution in [3.8, 4) is 11.1 Å². The fourth-order valence-corrected chi connectivity index (χ4v) is 2.84. The van der Waals surface area contributed by atoms with Crippen LogP contribution < -0.4 is 5.73 Å². The second-order valence-corrected chi connectivity index (χ2v) is 6.12. The summed E-state index contributed by atoms with van der Waals surface area (Å²) < 4.78 is 94.6. The number of carboxylic acid groups (broad SMARTS) is 1. The highest BCUT2D eigenvalue weighted by Gasteiger charge is 2.41. The van der Waals surface area contributed by atoms with Gasteiger partial charge >= 0.3 is 18.3 Å². The van der Waals surface area contributed by atoms with Crippen LogP contribution >= 0.6 is 0 Å². The Labute approximate surface area is 154 Å². The second kappa shape index (κ2) is 7.42. The molecular weight excluding hydrogens is 395 g/mol. The van der Waals surface area contributed by atoms with E-state index < -0.39 is 64.4 Å². The molecule has 0 bridgehead atoms. The van der Waals surface area contributed by atoms with E-state index >= 15 is 0 Å². The highest BCUT2D eigenvalue weighted by Crippen LogP contribution is 2.45. The molecule has 0 amide bonds. The van der Waals surface area contributed by atoms with Gasteiger partial charge in [0.1, 0.15) is 5.82 Å². The monoisotopic (exact) mass is 409 g/mol. The molecule has 0 aromatic heterocycles. The maximum absolute atomic E-state index is 14.3. The van der Waals surface area contributed by atoms with Crippen molar-refractivity contribution in [3.05, 3.63) is 58.4 Å². The number of benzene rings is 2. The summed E-state index contributed by atoms with van der Waals surface area (Å²) in [5.74, 6) is -2.39. The summed E-state index contributed by atoms with van der Waals surface area (Å²) in [6, 6.07) is 1.72. The molecule has 152 valence electrons. The third kappa shape index (κ3) is 4.44. The Balaban J connectivity index is 2.84. The third-order valence-electron chi connectivity index (χ3n) is 4.04. The van der Waals surface area contributed by atoms with Crippen LogP contribution in [0.25, 0.3) is 11.1 Å². The topological polar surface area (TPSA) is 63.3 Å². The number of carboxylic acids is 1. The van der Waals surface area contributed by atoms with E-state index in [0.29, 0.717) is 18.2 Å². The van der Waals surface area contributed by atoms with Crippen LogP contribution in [-0.4, -0.2) is 11.1 Å². The maximum atomic E-state index is 14.3. The highest BCUT2D eigenvalue weighted by atomic mass is 19.4. The molecular formula is C18H14F7NO2. The van der Waals surface area contributed by atoms with Crippen molar-refractivity contribution in [2.45, 2.75) is 31.7 Å². The summed E-state index contributed by atoms with van der Waals surface area (Å²) in [5, 5.41) is 8.79. The SMILES string of the molecule is Cc1cc(-c2c(C(F)(F)F)cccc2C(F)(F)F)cc(C(N)CC(=O)O)c1F. The van der Waals surface area contributed by atoms with Crippen molar-refractivity contribution in [2.24, 2.45) is 5.73 Å². The van der Waals surface area contributed by atoms with E-state index in [-0.39, 0.29) is 5.56 Å². The van der Waals surface area contributed by atoms with Crippen LogP contribution in [0.1, 0.15) is 34.7 Å². The van der Waals surface area contributed by atoms with Gasteiger partial charge in [0.2, 0.25) is 0 Å². The fraction of sp³-hybridized carbons (Fsp3) is 0.278. The molecule has 0 aliphatic carbocycles. The zero-order valence-electron chi connectivity index (χ0n) is 14.2. The normalized spacial score (nSPS) is 13.5. The van der Waals surface area contributed by atoms with Crippen molar-refractivity contribution >= 4 is 5.97 Å². The van der Waals surface area contributed by atoms with Gasteiger partial charge in [0.15, 0.2) is 0 Å². The number of halogens is 7. The molecule has 0 fully saturated rings. The van der Waals surface area contributed by atoms with Crippen LogP contribution in [0.4, 0.5) is 30.7 Å². The molecule has 3 nitrogen and oxygen atoms in total. The van der Waals surface area contributed by atoms with E-state index in [1.165, 1.54) is 0 Å². The summed E-state index contributed by atoms with van der Waals surface area (Å²) in [6.07, 6.45) is -11.0. The zero-order valence-corrected chi connectivity index (χ0v) is 14.2. The number of alkyl halides is 6. The van der Waals surface area contributed by atoms with Gasteiger partial charge in [-0.15, -0.1) is 0 Å². The minimum Gasteiger partial charge on any atom is -0.481 e. The minimum atomic E-state index is -5.11. The van der Waals surface area contributed by atoms with Gasteiger partial charge in [-0.25, -0.2) is 4.39 Å². The lowest BCUT2D eigenvalue weighted by atomic mass is 9.89. The predicted molar refractivity (Wildman–Crippen MR) is 85.8 cm³/mol. The van der Waals surface area contributed by atoms with Crippen LogP contribution in [0, 0.1) is 12.7 Å². The van der Waals surface area contributed by atoms with Crippen LogP contribution in [0.15, 0.2) is 30.3 Å². The Bertz CT molecular complexity index is 872. The number of aliphatic carboxylic acids is 1. The summed E-state index contributed by atoms with van der Waals surface area (Å²) >= 11 is 0. The first-order valence-corrected chi connectivity index (χ1v) is 7.78. The molecule has 2 rings (SSSR count). The smallest absolute Gasteiger partial charge is 0.417 e. The minimum absolute atomic E-state index is 0.265. The highest BCUT2D eigenvalue weighted by molar-refractivity contribution is 5.74. The van der Waals surface area contributed by atoms with Gasteiger partial charge in [-0.3, -0.25) is 4.79 Å². The van der Waals surface area contributed by atoms with Crippen LogP contribution in [0.2, 0.25) is 0 Å². The van der Waals surface area contributed by atoms with Crippen molar-refractivity contribution in [1.82, 2.24) is 0 Å². The molecule has 2 aromatic rings. The van der Waals surface area contributed by atoms with Gasteiger partial charge in [-0.1, -0.05) is 6.07 Å². The summed E-state index contributed by atoms with van der Waals surface area (Å²) in [4.78, 5) is 10.8. The second-order valence-electron chi connectivity index (χ2n) is 6.12. The number of aryl methyl sites for hydroxylation is 1. The summed E-state index contributed by atoms with van der Waals surface area (Å²) in [5.41, 5.74) is 0.0140. The van der Waals surface area contributed by atoms with Gasteiger partial charge in [0.25, 0.3) is 0 Å². The van der Waals surface area contributed by atoms with Crippen molar-refractivity contribution in [3.63, 3.8) is 0 Å². The lowest BCUT2D eigenvalue weighted by Crippen LogP contribution is -2.18. The number of hydrogen-bond donors (Lipinski definition) is 2. The third-order valence-corrected chi connectivity index (χ3v) is 4.04. The molecule has 28 heavy (non-hydrogen) atoms. The molecule has 0 heterocycles. The molecule has 3 N–H and O–H groups in total. The lowest BCUT2D eigenvalue weighted by molar-refractivity contribution is -0.142. The standard InChI is InChI=1S/C18H14F7NO2/c1-8-5-9(6-10(16(8)19)13(26)7-14(27)28)15-11(17(20,21)22)3-2-4-12(15)18(23,24)25/h2-6,13H,7,26H2,1H3,(H,27,28). The Morgan fingerprint density at radius 2 is 1.57 bits per heavy atom. The van der Waals surface area contributed by atoms with Crippen molar-refractivity contribution in [2.75, 3.05) is 0 Å². The van der Waals surface area contributed by atoms with E-state index in [2.05, 4.69) is 0 Å². The zero-order chi connectivity index (χ0) is 21.4. The Kier molecular flexibility index (Phi) is 5.74. The van der Waals surface area contributed by atoms with Crippen LogP contribution in [-0.2, 0) is 17.1 Å². The average Bonchev–Trinajstić information content (AvgIpc) is 2.54. The van der Waals surface area contributed by atoms with Crippen LogP contribution in [0.3, 0.4) is 0 Å². The first-order chi connectivity index (χ1) is 12.7. The number of hydrogen-bond acceptors (Lipinski definition) is 2. The van der Waals surface area contributed by atoms with Gasteiger partial charge in [0, 0.05) is 17.2 Å². The Morgan fingerprint density at radius 1 is 1.07 bits per heavy atom. The molecule has 0 saturated heterocycles. The molecule has 10 heteroatoms. The molecule has 0 radical (unpaired) electrons. The summed E-state index contributed by atoms with van der Waals surface area (Å²) in [6.45, 7) is 1.14. The lowest BCUT2D eigenvalue weighted by Gasteiger charge is -2.21. The first-order valence-electron chi connectivity index (χ1n) is 7.78. The summed E-state index contributed by atoms with van der Waals surface area (Å²) in [7, 11) is 0. The van der Waals surface area contributed by atoms with E-state index in [4.69, 9.17) is 10.8 Å². The van der Waals surface area contributed by atoms with Crippen molar-refractivity contribution in [1.29, 1.82) is 0 Å². The Hall–Kier alpha value is -2.62. The average molecular weight is 409 g/mol. The quantitative estimate of drug-likeness (QED) is 0.673. The Morgan fingerprint density at radius 3 is 2.00 bits per heavy atom. The van der Waals surface area contributed by atoms with E-state index in [0.717, 1.165) is 19.1 Å². The molecule has 0 aliphatic rings. The first kappa shape index (κ1) is 21.7. The van der Waals surface area contributed by atoms with Gasteiger partial charge < -0.3 is 10.8 Å². The maximum Gasteiger partial charge on any atom is 0.417 e. The van der Waals surface area contributed by atoms with E-state index in [1.54, 1.807) is 0 Å². The number of nitrogens with two attached hydrogens (primary N) is 1. The number of rotatable bonds is 4. The van der Waals surface area contributed by atoms with E-state index in [1.807, 2.05) is 0 Å². The van der Waals surface area contributed by atoms with E-state index in [9.17, 15) is 35.5 Å². The van der Waals surface area contributed by atoms with Gasteiger partial charge in [-0.05, 0) is 42.3 Å². The largest absolute Gasteiger partial charge is 0.481 e. The van der Waals surface area contributed by atoms with Gasteiger partial charge in [-0.2, -0.15) is 26.3 Å². The number of carbonyl (C=O) groups is 1. The van der Waals surface area contributed by atoms with Crippen molar-refractivity contribution < 1.29 is 40.6 Å². The van der Waals surface area contributed by atoms with Crippen LogP contribution in [0.5, 0.6) is 0 Å². The molecule has 0 saturated carbocycles.